The Morgan fingerprint density at radius 3 is 3.11 bits per heavy atom. The van der Waals surface area contributed by atoms with Crippen LogP contribution in [0.4, 0.5) is 5.69 Å². The number of ether oxygens (including phenoxy) is 1. The number of hydrogen-bond acceptors (Lipinski definition) is 4. The minimum absolute atomic E-state index is 0.280. The molecule has 2 N–H and O–H groups in total. The molecule has 0 saturated carbocycles. The van der Waals surface area contributed by atoms with Gasteiger partial charge in [0, 0.05) is 29.9 Å². The van der Waals surface area contributed by atoms with Crippen LogP contribution in [0.1, 0.15) is 5.56 Å². The number of anilines is 1. The zero-order valence-corrected chi connectivity index (χ0v) is 12.2. The molecule has 1 aromatic heterocycles. The SMILES string of the molecule is COCCn1cc(NCc2cc(Br)ccc2O)cn1. The van der Waals surface area contributed by atoms with E-state index in [4.69, 9.17) is 4.74 Å². The predicted octanol–water partition coefficient (Wildman–Crippen LogP) is 2.61. The van der Waals surface area contributed by atoms with Gasteiger partial charge in [-0.05, 0) is 18.2 Å². The summed E-state index contributed by atoms with van der Waals surface area (Å²) in [6.07, 6.45) is 3.67. The first-order valence-corrected chi connectivity index (χ1v) is 6.71. The summed E-state index contributed by atoms with van der Waals surface area (Å²) in [6, 6.07) is 5.36. The Morgan fingerprint density at radius 2 is 2.32 bits per heavy atom. The van der Waals surface area contributed by atoms with Crippen LogP contribution in [-0.4, -0.2) is 28.6 Å². The molecule has 0 bridgehead atoms. The number of nitrogens with one attached hydrogen (secondary N) is 1. The summed E-state index contributed by atoms with van der Waals surface area (Å²) in [5.41, 5.74) is 1.74. The molecule has 0 saturated heterocycles. The molecule has 0 aliphatic heterocycles. The fourth-order valence-corrected chi connectivity index (χ4v) is 2.06. The Morgan fingerprint density at radius 1 is 1.47 bits per heavy atom. The fourth-order valence-electron chi connectivity index (χ4n) is 1.65. The normalized spacial score (nSPS) is 10.6. The maximum absolute atomic E-state index is 9.74. The van der Waals surface area contributed by atoms with E-state index < -0.39 is 0 Å². The highest BCUT2D eigenvalue weighted by Crippen LogP contribution is 2.22. The molecule has 0 aliphatic carbocycles. The zero-order chi connectivity index (χ0) is 13.7. The third-order valence-electron chi connectivity index (χ3n) is 2.68. The second-order valence-electron chi connectivity index (χ2n) is 4.11. The van der Waals surface area contributed by atoms with E-state index >= 15 is 0 Å². The zero-order valence-electron chi connectivity index (χ0n) is 10.6. The van der Waals surface area contributed by atoms with Crippen molar-refractivity contribution in [2.45, 2.75) is 13.1 Å². The van der Waals surface area contributed by atoms with Crippen LogP contribution >= 0.6 is 15.9 Å². The number of rotatable bonds is 6. The monoisotopic (exact) mass is 325 g/mol. The molecule has 1 aromatic carbocycles. The second kappa shape index (κ2) is 6.58. The van der Waals surface area contributed by atoms with Crippen LogP contribution in [0.3, 0.4) is 0 Å². The molecule has 0 fully saturated rings. The Hall–Kier alpha value is -1.53. The minimum Gasteiger partial charge on any atom is -0.508 e. The molecule has 0 atom stereocenters. The average molecular weight is 326 g/mol. The van der Waals surface area contributed by atoms with Crippen LogP contribution in [0, 0.1) is 0 Å². The number of hydrogen-bond donors (Lipinski definition) is 2. The van der Waals surface area contributed by atoms with Gasteiger partial charge >= 0.3 is 0 Å². The summed E-state index contributed by atoms with van der Waals surface area (Å²) in [4.78, 5) is 0. The van der Waals surface area contributed by atoms with Crippen LogP contribution < -0.4 is 5.32 Å². The largest absolute Gasteiger partial charge is 0.508 e. The Bertz CT molecular complexity index is 542. The number of aromatic hydroxyl groups is 1. The molecule has 0 radical (unpaired) electrons. The molecular formula is C13H16BrN3O2. The maximum atomic E-state index is 9.74. The van der Waals surface area contributed by atoms with Crippen LogP contribution in [0.2, 0.25) is 0 Å². The number of phenols is 1. The smallest absolute Gasteiger partial charge is 0.120 e. The van der Waals surface area contributed by atoms with E-state index in [0.717, 1.165) is 22.3 Å². The summed E-state index contributed by atoms with van der Waals surface area (Å²) in [5.74, 6) is 0.280. The van der Waals surface area contributed by atoms with Crippen molar-refractivity contribution in [1.29, 1.82) is 0 Å². The topological polar surface area (TPSA) is 59.3 Å². The van der Waals surface area contributed by atoms with Crippen molar-refractivity contribution in [1.82, 2.24) is 9.78 Å². The van der Waals surface area contributed by atoms with E-state index in [1.807, 2.05) is 23.0 Å². The number of nitrogens with zero attached hydrogens (tertiary/aromatic N) is 2. The van der Waals surface area contributed by atoms with E-state index in [1.165, 1.54) is 0 Å². The van der Waals surface area contributed by atoms with Gasteiger partial charge in [0.2, 0.25) is 0 Å². The summed E-state index contributed by atoms with van der Waals surface area (Å²) >= 11 is 3.39. The van der Waals surface area contributed by atoms with Crippen LogP contribution in [-0.2, 0) is 17.8 Å². The van der Waals surface area contributed by atoms with Crippen LogP contribution in [0.25, 0.3) is 0 Å². The number of halogens is 1. The summed E-state index contributed by atoms with van der Waals surface area (Å²) in [6.45, 7) is 1.90. The van der Waals surface area contributed by atoms with E-state index in [1.54, 1.807) is 19.4 Å². The average Bonchev–Trinajstić information content (AvgIpc) is 2.85. The van der Waals surface area contributed by atoms with Gasteiger partial charge in [-0.2, -0.15) is 5.10 Å². The van der Waals surface area contributed by atoms with Gasteiger partial charge in [-0.25, -0.2) is 0 Å². The quantitative estimate of drug-likeness (QED) is 0.857. The number of phenolic OH excluding ortho intramolecular Hbond substituents is 1. The molecule has 1 heterocycles. The van der Waals surface area contributed by atoms with Gasteiger partial charge in [-0.3, -0.25) is 4.68 Å². The number of methoxy groups -OCH3 is 1. The molecular weight excluding hydrogens is 310 g/mol. The lowest BCUT2D eigenvalue weighted by molar-refractivity contribution is 0.183. The highest BCUT2D eigenvalue weighted by atomic mass is 79.9. The molecule has 0 unspecified atom stereocenters. The van der Waals surface area contributed by atoms with E-state index in [2.05, 4.69) is 26.3 Å². The number of aromatic nitrogens is 2. The van der Waals surface area contributed by atoms with Crippen molar-refractivity contribution in [2.24, 2.45) is 0 Å². The Balaban J connectivity index is 1.94. The fraction of sp³-hybridized carbons (Fsp3) is 0.308. The van der Waals surface area contributed by atoms with Crippen molar-refractivity contribution in [3.8, 4) is 5.75 Å². The van der Waals surface area contributed by atoms with Gasteiger partial charge in [-0.15, -0.1) is 0 Å². The van der Waals surface area contributed by atoms with Crippen molar-refractivity contribution in [3.63, 3.8) is 0 Å². The summed E-state index contributed by atoms with van der Waals surface area (Å²) < 4.78 is 7.75. The first-order valence-electron chi connectivity index (χ1n) is 5.91. The molecule has 6 heteroatoms. The van der Waals surface area contributed by atoms with Crippen molar-refractivity contribution >= 4 is 21.6 Å². The molecule has 19 heavy (non-hydrogen) atoms. The molecule has 2 aromatic rings. The van der Waals surface area contributed by atoms with Crippen molar-refractivity contribution in [2.75, 3.05) is 19.0 Å². The van der Waals surface area contributed by atoms with Gasteiger partial charge in [0.15, 0.2) is 0 Å². The third kappa shape index (κ3) is 3.97. The highest BCUT2D eigenvalue weighted by Gasteiger charge is 2.03. The lowest BCUT2D eigenvalue weighted by Gasteiger charge is -2.06. The Labute approximate surface area is 120 Å². The number of benzene rings is 1. The molecule has 5 nitrogen and oxygen atoms in total. The molecule has 0 spiro atoms. The van der Waals surface area contributed by atoms with Gasteiger partial charge < -0.3 is 15.2 Å². The van der Waals surface area contributed by atoms with Crippen molar-refractivity contribution < 1.29 is 9.84 Å². The van der Waals surface area contributed by atoms with E-state index in [-0.39, 0.29) is 5.75 Å². The highest BCUT2D eigenvalue weighted by molar-refractivity contribution is 9.10. The van der Waals surface area contributed by atoms with Crippen LogP contribution in [0.5, 0.6) is 5.75 Å². The molecule has 0 amide bonds. The van der Waals surface area contributed by atoms with Crippen molar-refractivity contribution in [3.05, 3.63) is 40.6 Å². The van der Waals surface area contributed by atoms with Gasteiger partial charge in [0.1, 0.15) is 5.75 Å². The Kier molecular flexibility index (Phi) is 4.81. The third-order valence-corrected chi connectivity index (χ3v) is 3.18. The van der Waals surface area contributed by atoms with Gasteiger partial charge in [0.05, 0.1) is 25.0 Å². The lowest BCUT2D eigenvalue weighted by atomic mass is 10.2. The second-order valence-corrected chi connectivity index (χ2v) is 5.03. The first-order chi connectivity index (χ1) is 9.19. The summed E-state index contributed by atoms with van der Waals surface area (Å²) in [7, 11) is 1.67. The predicted molar refractivity (Wildman–Crippen MR) is 77.2 cm³/mol. The van der Waals surface area contributed by atoms with Gasteiger partial charge in [0.25, 0.3) is 0 Å². The molecule has 0 aliphatic rings. The van der Waals surface area contributed by atoms with Crippen LogP contribution in [0.15, 0.2) is 35.1 Å². The lowest BCUT2D eigenvalue weighted by Crippen LogP contribution is -2.04. The maximum Gasteiger partial charge on any atom is 0.120 e. The standard InChI is InChI=1S/C13H16BrN3O2/c1-19-5-4-17-9-12(8-16-17)15-7-10-6-11(14)2-3-13(10)18/h2-3,6,8-9,15,18H,4-5,7H2,1H3. The van der Waals surface area contributed by atoms with E-state index in [9.17, 15) is 5.11 Å². The molecule has 2 rings (SSSR count). The van der Waals surface area contributed by atoms with E-state index in [0.29, 0.717) is 13.2 Å². The first kappa shape index (κ1) is 13.9. The minimum atomic E-state index is 0.280. The molecule has 102 valence electrons. The van der Waals surface area contributed by atoms with Gasteiger partial charge in [-0.1, -0.05) is 15.9 Å². The summed E-state index contributed by atoms with van der Waals surface area (Å²) in [5, 5.41) is 17.2.